The van der Waals surface area contributed by atoms with Crippen LogP contribution in [0.15, 0.2) is 9.59 Å². The number of hydrogen-bond donors (Lipinski definition) is 3. The number of nitrogens with two attached hydrogens (primary N) is 1. The van der Waals surface area contributed by atoms with Gasteiger partial charge in [-0.1, -0.05) is 26.7 Å². The zero-order chi connectivity index (χ0) is 19.8. The molecule has 2 heterocycles. The van der Waals surface area contributed by atoms with E-state index in [1.165, 1.54) is 4.57 Å². The first-order chi connectivity index (χ1) is 13.0. The lowest BCUT2D eigenvalue weighted by Gasteiger charge is -2.27. The minimum Gasteiger partial charge on any atom is -0.383 e. The van der Waals surface area contributed by atoms with Crippen molar-refractivity contribution in [3.05, 3.63) is 20.8 Å². The van der Waals surface area contributed by atoms with Crippen LogP contribution >= 0.6 is 12.2 Å². The molecule has 4 N–H and O–H groups in total. The number of ether oxygens (including phenoxy) is 1. The summed E-state index contributed by atoms with van der Waals surface area (Å²) in [5, 5.41) is 3.63. The molecule has 0 spiro atoms. The number of rotatable bonds is 9. The fourth-order valence-electron chi connectivity index (χ4n) is 3.11. The molecule has 1 atom stereocenters. The quantitative estimate of drug-likeness (QED) is 0.543. The molecule has 0 radical (unpaired) electrons. The third-order valence-electron chi connectivity index (χ3n) is 4.70. The highest BCUT2D eigenvalue weighted by molar-refractivity contribution is 7.80. The van der Waals surface area contributed by atoms with Crippen molar-refractivity contribution in [2.75, 3.05) is 30.3 Å². The van der Waals surface area contributed by atoms with Crippen molar-refractivity contribution >= 4 is 28.8 Å². The number of thiocarbonyl (C=S) groups is 1. The molecule has 0 aromatic carbocycles. The summed E-state index contributed by atoms with van der Waals surface area (Å²) in [7, 11) is 0. The molecule has 1 aromatic rings. The van der Waals surface area contributed by atoms with Gasteiger partial charge in [0.05, 0.1) is 6.10 Å². The van der Waals surface area contributed by atoms with Crippen molar-refractivity contribution < 1.29 is 4.74 Å². The Balaban J connectivity index is 2.29. The Morgan fingerprint density at radius 3 is 2.74 bits per heavy atom. The normalized spacial score (nSPS) is 16.4. The average Bonchev–Trinajstić information content (AvgIpc) is 3.15. The van der Waals surface area contributed by atoms with Crippen LogP contribution in [0.4, 0.5) is 11.5 Å². The van der Waals surface area contributed by atoms with Gasteiger partial charge in [0.25, 0.3) is 5.56 Å². The zero-order valence-electron chi connectivity index (χ0n) is 16.3. The van der Waals surface area contributed by atoms with E-state index in [4.69, 9.17) is 22.7 Å². The summed E-state index contributed by atoms with van der Waals surface area (Å²) in [5.41, 5.74) is 5.49. The van der Waals surface area contributed by atoms with Gasteiger partial charge in [0, 0.05) is 26.2 Å². The minimum atomic E-state index is -0.511. The van der Waals surface area contributed by atoms with Crippen molar-refractivity contribution in [3.63, 3.8) is 0 Å². The van der Waals surface area contributed by atoms with Gasteiger partial charge >= 0.3 is 5.69 Å². The summed E-state index contributed by atoms with van der Waals surface area (Å²) in [6.45, 7) is 6.47. The molecule has 1 saturated heterocycles. The highest BCUT2D eigenvalue weighted by atomic mass is 32.1. The number of aromatic amines is 1. The van der Waals surface area contributed by atoms with Gasteiger partial charge in [-0.05, 0) is 37.9 Å². The van der Waals surface area contributed by atoms with Crippen molar-refractivity contribution in [1.82, 2.24) is 14.9 Å². The van der Waals surface area contributed by atoms with E-state index in [9.17, 15) is 9.59 Å². The Morgan fingerprint density at radius 2 is 2.11 bits per heavy atom. The number of unbranched alkanes of at least 4 members (excludes halogenated alkanes) is 2. The predicted molar refractivity (Wildman–Crippen MR) is 112 cm³/mol. The standard InChI is InChI=1S/C18H31N5O3S/c1-3-5-9-22(18(27)20-12-13-8-7-11-26-13)14-15(19)23(10-6-4-2)17(25)21-16(14)24/h13H,3-12,19H2,1-2H3,(H,20,27)(H,21,24,25)/t13-/m1/s1. The van der Waals surface area contributed by atoms with Crippen molar-refractivity contribution in [1.29, 1.82) is 0 Å². The molecule has 1 aliphatic heterocycles. The molecule has 152 valence electrons. The SMILES string of the molecule is CCCCN(C(=S)NC[C@H]1CCCO1)c1c(N)n(CCCC)c(=O)[nH]c1=O. The van der Waals surface area contributed by atoms with Gasteiger partial charge in [-0.15, -0.1) is 0 Å². The Morgan fingerprint density at radius 1 is 1.37 bits per heavy atom. The number of H-pyrrole nitrogens is 1. The van der Waals surface area contributed by atoms with E-state index < -0.39 is 11.2 Å². The van der Waals surface area contributed by atoms with Crippen LogP contribution in [-0.2, 0) is 11.3 Å². The molecule has 9 heteroatoms. The third kappa shape index (κ3) is 5.55. The lowest BCUT2D eigenvalue weighted by molar-refractivity contribution is 0.114. The number of hydrogen-bond acceptors (Lipinski definition) is 5. The maximum Gasteiger partial charge on any atom is 0.330 e. The second kappa shape index (κ2) is 10.5. The zero-order valence-corrected chi connectivity index (χ0v) is 17.1. The van der Waals surface area contributed by atoms with E-state index in [-0.39, 0.29) is 17.6 Å². The lowest BCUT2D eigenvalue weighted by atomic mass is 10.2. The van der Waals surface area contributed by atoms with E-state index in [0.29, 0.717) is 24.7 Å². The van der Waals surface area contributed by atoms with Crippen LogP contribution < -0.4 is 27.2 Å². The maximum atomic E-state index is 12.6. The monoisotopic (exact) mass is 397 g/mol. The van der Waals surface area contributed by atoms with Crippen LogP contribution in [0.3, 0.4) is 0 Å². The number of nitrogens with zero attached hydrogens (tertiary/aromatic N) is 2. The first kappa shape index (κ1) is 21.4. The minimum absolute atomic E-state index is 0.130. The Bertz CT molecular complexity index is 739. The van der Waals surface area contributed by atoms with Gasteiger partial charge in [-0.2, -0.15) is 0 Å². The smallest absolute Gasteiger partial charge is 0.330 e. The van der Waals surface area contributed by atoms with Gasteiger partial charge in [0.2, 0.25) is 0 Å². The topological polar surface area (TPSA) is 105 Å². The highest BCUT2D eigenvalue weighted by Gasteiger charge is 2.23. The number of nitrogens with one attached hydrogen (secondary N) is 2. The molecule has 0 bridgehead atoms. The van der Waals surface area contributed by atoms with Crippen LogP contribution in [-0.4, -0.2) is 40.5 Å². The molecular weight excluding hydrogens is 366 g/mol. The molecule has 0 unspecified atom stereocenters. The molecular formula is C18H31N5O3S. The van der Waals surface area contributed by atoms with E-state index >= 15 is 0 Å². The second-order valence-corrected chi connectivity index (χ2v) is 7.21. The number of aromatic nitrogens is 2. The third-order valence-corrected chi connectivity index (χ3v) is 5.07. The largest absolute Gasteiger partial charge is 0.383 e. The van der Waals surface area contributed by atoms with Crippen molar-refractivity contribution in [2.45, 2.75) is 65.0 Å². The first-order valence-electron chi connectivity index (χ1n) is 9.79. The van der Waals surface area contributed by atoms with E-state index in [0.717, 1.165) is 45.1 Å². The fraction of sp³-hybridized carbons (Fsp3) is 0.722. The van der Waals surface area contributed by atoms with Crippen molar-refractivity contribution in [2.24, 2.45) is 0 Å². The van der Waals surface area contributed by atoms with Crippen LogP contribution in [0.25, 0.3) is 0 Å². The molecule has 0 amide bonds. The average molecular weight is 398 g/mol. The van der Waals surface area contributed by atoms with E-state index in [2.05, 4.69) is 17.2 Å². The molecule has 27 heavy (non-hydrogen) atoms. The summed E-state index contributed by atoms with van der Waals surface area (Å²) in [6.07, 6.45) is 5.67. The van der Waals surface area contributed by atoms with Gasteiger partial charge in [0.1, 0.15) is 5.82 Å². The van der Waals surface area contributed by atoms with Gasteiger partial charge < -0.3 is 20.7 Å². The summed E-state index contributed by atoms with van der Waals surface area (Å²) in [5.74, 6) is 0.162. The highest BCUT2D eigenvalue weighted by Crippen LogP contribution is 2.18. The fourth-order valence-corrected chi connectivity index (χ4v) is 3.38. The van der Waals surface area contributed by atoms with Gasteiger partial charge in [-0.3, -0.25) is 14.3 Å². The molecule has 0 aliphatic carbocycles. The number of nitrogen functional groups attached to an aromatic ring is 1. The summed E-state index contributed by atoms with van der Waals surface area (Å²) in [6, 6.07) is 0. The summed E-state index contributed by atoms with van der Waals surface area (Å²) < 4.78 is 7.04. The van der Waals surface area contributed by atoms with Crippen LogP contribution in [0.1, 0.15) is 52.4 Å². The Labute approximate surface area is 165 Å². The molecule has 1 aromatic heterocycles. The van der Waals surface area contributed by atoms with Crippen LogP contribution in [0.5, 0.6) is 0 Å². The lowest BCUT2D eigenvalue weighted by Crippen LogP contribution is -2.47. The second-order valence-electron chi connectivity index (χ2n) is 6.82. The molecule has 1 fully saturated rings. The molecule has 1 aliphatic rings. The number of anilines is 2. The molecule has 8 nitrogen and oxygen atoms in total. The summed E-state index contributed by atoms with van der Waals surface area (Å²) >= 11 is 5.55. The summed E-state index contributed by atoms with van der Waals surface area (Å²) in [4.78, 5) is 28.8. The predicted octanol–water partition coefficient (Wildman–Crippen LogP) is 1.58. The van der Waals surface area contributed by atoms with E-state index in [1.54, 1.807) is 4.90 Å². The Hall–Kier alpha value is -1.87. The maximum absolute atomic E-state index is 12.6. The van der Waals surface area contributed by atoms with Gasteiger partial charge in [0.15, 0.2) is 10.8 Å². The van der Waals surface area contributed by atoms with Crippen LogP contribution in [0, 0.1) is 0 Å². The molecule has 0 saturated carbocycles. The van der Waals surface area contributed by atoms with Crippen molar-refractivity contribution in [3.8, 4) is 0 Å². The first-order valence-corrected chi connectivity index (χ1v) is 10.2. The van der Waals surface area contributed by atoms with Crippen LogP contribution in [0.2, 0.25) is 0 Å². The Kier molecular flexibility index (Phi) is 8.30. The molecule has 2 rings (SSSR count). The van der Waals surface area contributed by atoms with Gasteiger partial charge in [-0.25, -0.2) is 4.79 Å². The van der Waals surface area contributed by atoms with E-state index in [1.807, 2.05) is 6.92 Å².